The van der Waals surface area contributed by atoms with Gasteiger partial charge in [-0.15, -0.1) is 11.3 Å². The van der Waals surface area contributed by atoms with Crippen LogP contribution in [0.2, 0.25) is 0 Å². The summed E-state index contributed by atoms with van der Waals surface area (Å²) in [5.74, 6) is 1.02. The first-order valence-corrected chi connectivity index (χ1v) is 8.95. The quantitative estimate of drug-likeness (QED) is 0.810. The van der Waals surface area contributed by atoms with Gasteiger partial charge in [0.2, 0.25) is 0 Å². The number of rotatable bonds is 7. The number of likely N-dealkylation sites (N-methyl/N-ethyl adjacent to an activating group) is 1. The van der Waals surface area contributed by atoms with Crippen LogP contribution in [-0.2, 0) is 11.2 Å². The van der Waals surface area contributed by atoms with Gasteiger partial charge >= 0.3 is 5.97 Å². The number of nitrogens with one attached hydrogen (secondary N) is 1. The molecule has 0 aliphatic heterocycles. The summed E-state index contributed by atoms with van der Waals surface area (Å²) in [5.41, 5.74) is 0. The van der Waals surface area contributed by atoms with Crippen LogP contribution in [0.3, 0.4) is 0 Å². The molecule has 23 heavy (non-hydrogen) atoms. The molecular weight excluding hydrogens is 312 g/mol. The van der Waals surface area contributed by atoms with Gasteiger partial charge in [0.25, 0.3) is 0 Å². The maximum absolute atomic E-state index is 10.9. The monoisotopic (exact) mass is 334 g/mol. The Balaban J connectivity index is 1.66. The third-order valence-corrected chi connectivity index (χ3v) is 5.21. The van der Waals surface area contributed by atoms with Crippen LogP contribution in [0, 0.1) is 0 Å². The van der Waals surface area contributed by atoms with Gasteiger partial charge in [0.15, 0.2) is 0 Å². The summed E-state index contributed by atoms with van der Waals surface area (Å²) in [6.07, 6.45) is 2.73. The maximum atomic E-state index is 10.9. The number of carboxylic acids is 1. The molecule has 6 nitrogen and oxygen atoms in total. The van der Waals surface area contributed by atoms with Crippen molar-refractivity contribution in [2.75, 3.05) is 18.4 Å². The fourth-order valence-corrected chi connectivity index (χ4v) is 3.82. The summed E-state index contributed by atoms with van der Waals surface area (Å²) in [7, 11) is 0. The van der Waals surface area contributed by atoms with Crippen LogP contribution in [0.15, 0.2) is 11.4 Å². The normalized spacial score (nSPS) is 20.7. The zero-order valence-electron chi connectivity index (χ0n) is 13.5. The van der Waals surface area contributed by atoms with Crippen molar-refractivity contribution in [3.05, 3.63) is 17.3 Å². The molecule has 2 aromatic heterocycles. The molecule has 0 atom stereocenters. The molecule has 2 heterocycles. The highest BCUT2D eigenvalue weighted by atomic mass is 32.1. The summed E-state index contributed by atoms with van der Waals surface area (Å²) in [6, 6.07) is 2.75. The third-order valence-electron chi connectivity index (χ3n) is 4.40. The van der Waals surface area contributed by atoms with Gasteiger partial charge in [-0.05, 0) is 30.8 Å². The number of carboxylic acid groups (broad SMARTS) is 1. The number of aromatic nitrogens is 2. The molecule has 1 aliphatic carbocycles. The Hall–Kier alpha value is -1.73. The lowest BCUT2D eigenvalue weighted by Gasteiger charge is -2.42. The number of hydrogen-bond donors (Lipinski definition) is 2. The fraction of sp³-hybridized carbons (Fsp3) is 0.562. The van der Waals surface area contributed by atoms with Crippen molar-refractivity contribution in [2.45, 2.75) is 45.2 Å². The highest BCUT2D eigenvalue weighted by Gasteiger charge is 2.34. The van der Waals surface area contributed by atoms with E-state index in [9.17, 15) is 4.79 Å². The second-order valence-corrected chi connectivity index (χ2v) is 6.80. The van der Waals surface area contributed by atoms with E-state index in [4.69, 9.17) is 5.11 Å². The van der Waals surface area contributed by atoms with Crippen LogP contribution >= 0.6 is 11.3 Å². The molecule has 0 bridgehead atoms. The molecule has 1 fully saturated rings. The standard InChI is InChI=1S/C16H22N4O2S/c1-3-13-18-15(12-5-6-23-16(12)19-13)17-10-7-11(8-10)20(4-2)9-14(21)22/h5-6,10-11H,3-4,7-9H2,1-2H3,(H,21,22)(H,17,18,19). The third kappa shape index (κ3) is 3.45. The summed E-state index contributed by atoms with van der Waals surface area (Å²) in [5, 5.41) is 15.6. The minimum Gasteiger partial charge on any atom is -0.480 e. The molecule has 1 saturated carbocycles. The van der Waals surface area contributed by atoms with E-state index in [-0.39, 0.29) is 6.54 Å². The van der Waals surface area contributed by atoms with Crippen molar-refractivity contribution in [3.8, 4) is 0 Å². The van der Waals surface area contributed by atoms with Gasteiger partial charge in [-0.3, -0.25) is 9.69 Å². The van der Waals surface area contributed by atoms with Gasteiger partial charge < -0.3 is 10.4 Å². The zero-order chi connectivity index (χ0) is 16.4. The van der Waals surface area contributed by atoms with Gasteiger partial charge in [0, 0.05) is 18.5 Å². The van der Waals surface area contributed by atoms with E-state index >= 15 is 0 Å². The summed E-state index contributed by atoms with van der Waals surface area (Å²) in [6.45, 7) is 4.96. The van der Waals surface area contributed by atoms with Crippen LogP contribution in [0.5, 0.6) is 0 Å². The molecule has 7 heteroatoms. The molecule has 0 radical (unpaired) electrons. The van der Waals surface area contributed by atoms with E-state index in [0.717, 1.165) is 47.7 Å². The lowest BCUT2D eigenvalue weighted by Crippen LogP contribution is -2.51. The number of carbonyl (C=O) groups is 1. The van der Waals surface area contributed by atoms with Crippen LogP contribution in [0.4, 0.5) is 5.82 Å². The minimum atomic E-state index is -0.758. The molecule has 1 aliphatic rings. The number of aryl methyl sites for hydroxylation is 1. The first-order valence-electron chi connectivity index (χ1n) is 8.07. The molecule has 0 saturated heterocycles. The number of thiophene rings is 1. The van der Waals surface area contributed by atoms with E-state index in [1.807, 2.05) is 17.2 Å². The number of aliphatic carboxylic acids is 1. The van der Waals surface area contributed by atoms with Crippen LogP contribution < -0.4 is 5.32 Å². The summed E-state index contributed by atoms with van der Waals surface area (Å²) in [4.78, 5) is 23.1. The Morgan fingerprint density at radius 1 is 1.43 bits per heavy atom. The molecule has 0 aromatic carbocycles. The van der Waals surface area contributed by atoms with Crippen LogP contribution in [-0.4, -0.2) is 51.1 Å². The van der Waals surface area contributed by atoms with Crippen molar-refractivity contribution >= 4 is 33.3 Å². The molecule has 0 spiro atoms. The zero-order valence-corrected chi connectivity index (χ0v) is 14.3. The summed E-state index contributed by atoms with van der Waals surface area (Å²) >= 11 is 1.64. The van der Waals surface area contributed by atoms with Crippen molar-refractivity contribution in [1.82, 2.24) is 14.9 Å². The number of nitrogens with zero attached hydrogens (tertiary/aromatic N) is 3. The van der Waals surface area contributed by atoms with Gasteiger partial charge in [-0.1, -0.05) is 13.8 Å². The lowest BCUT2D eigenvalue weighted by atomic mass is 9.85. The lowest BCUT2D eigenvalue weighted by molar-refractivity contribution is -0.139. The molecule has 0 unspecified atom stereocenters. The van der Waals surface area contributed by atoms with Crippen LogP contribution in [0.25, 0.3) is 10.2 Å². The van der Waals surface area contributed by atoms with Gasteiger partial charge in [0.1, 0.15) is 16.5 Å². The Bertz CT molecular complexity index is 696. The maximum Gasteiger partial charge on any atom is 0.317 e. The number of hydrogen-bond acceptors (Lipinski definition) is 6. The van der Waals surface area contributed by atoms with E-state index in [1.165, 1.54) is 0 Å². The highest BCUT2D eigenvalue weighted by Crippen LogP contribution is 2.31. The Kier molecular flexibility index (Phi) is 4.77. The summed E-state index contributed by atoms with van der Waals surface area (Å²) < 4.78 is 0. The highest BCUT2D eigenvalue weighted by molar-refractivity contribution is 7.16. The average molecular weight is 334 g/mol. The molecule has 2 aromatic rings. The number of anilines is 1. The largest absolute Gasteiger partial charge is 0.480 e. The first kappa shape index (κ1) is 16.1. The van der Waals surface area contributed by atoms with E-state index < -0.39 is 5.97 Å². The van der Waals surface area contributed by atoms with E-state index in [1.54, 1.807) is 11.3 Å². The van der Waals surface area contributed by atoms with Crippen molar-refractivity contribution < 1.29 is 9.90 Å². The van der Waals surface area contributed by atoms with Gasteiger partial charge in [-0.25, -0.2) is 9.97 Å². The number of fused-ring (bicyclic) bond motifs is 1. The fourth-order valence-electron chi connectivity index (χ4n) is 3.04. The topological polar surface area (TPSA) is 78.4 Å². The van der Waals surface area contributed by atoms with Crippen molar-refractivity contribution in [3.63, 3.8) is 0 Å². The van der Waals surface area contributed by atoms with E-state index in [2.05, 4.69) is 28.3 Å². The Morgan fingerprint density at radius 3 is 2.87 bits per heavy atom. The van der Waals surface area contributed by atoms with Crippen LogP contribution in [0.1, 0.15) is 32.5 Å². The molecule has 124 valence electrons. The predicted molar refractivity (Wildman–Crippen MR) is 92.1 cm³/mol. The SMILES string of the molecule is CCc1nc(NC2CC(N(CC)CC(=O)O)C2)c2ccsc2n1. The second kappa shape index (κ2) is 6.80. The van der Waals surface area contributed by atoms with E-state index in [0.29, 0.717) is 12.1 Å². The Morgan fingerprint density at radius 2 is 2.22 bits per heavy atom. The van der Waals surface area contributed by atoms with Gasteiger partial charge in [0.05, 0.1) is 11.9 Å². The minimum absolute atomic E-state index is 0.121. The Labute approximate surface area is 139 Å². The van der Waals surface area contributed by atoms with Crippen molar-refractivity contribution in [2.24, 2.45) is 0 Å². The molecule has 2 N–H and O–H groups in total. The average Bonchev–Trinajstić information content (AvgIpc) is 2.96. The smallest absolute Gasteiger partial charge is 0.317 e. The molecule has 0 amide bonds. The van der Waals surface area contributed by atoms with Crippen molar-refractivity contribution in [1.29, 1.82) is 0 Å². The molecule has 3 rings (SSSR count). The predicted octanol–water partition coefficient (Wildman–Crippen LogP) is 2.60. The molecular formula is C16H22N4O2S. The van der Waals surface area contributed by atoms with Gasteiger partial charge in [-0.2, -0.15) is 0 Å². The second-order valence-electron chi connectivity index (χ2n) is 5.90. The first-order chi connectivity index (χ1) is 11.1.